The molecule has 2 heteroatoms. The van der Waals surface area contributed by atoms with Crippen LogP contribution >= 0.6 is 0 Å². The fourth-order valence-electron chi connectivity index (χ4n) is 4.06. The summed E-state index contributed by atoms with van der Waals surface area (Å²) in [4.78, 5) is 0. The van der Waals surface area contributed by atoms with Crippen molar-refractivity contribution in [2.45, 2.75) is 53.4 Å². The van der Waals surface area contributed by atoms with Crippen LogP contribution in [0.15, 0.2) is 5.16 Å². The van der Waals surface area contributed by atoms with Crippen LogP contribution in [0.4, 0.5) is 0 Å². The third kappa shape index (κ3) is 1.26. The summed E-state index contributed by atoms with van der Waals surface area (Å²) in [7, 11) is 0. The lowest BCUT2D eigenvalue weighted by atomic mass is 9.71. The topological polar surface area (TPSA) is 32.6 Å². The first-order valence-corrected chi connectivity index (χ1v) is 6.17. The van der Waals surface area contributed by atoms with Crippen LogP contribution in [0.1, 0.15) is 53.4 Å². The number of hydrogen-bond donors (Lipinski definition) is 1. The molecule has 0 aromatic rings. The molecule has 15 heavy (non-hydrogen) atoms. The molecule has 2 bridgehead atoms. The van der Waals surface area contributed by atoms with Gasteiger partial charge in [-0.15, -0.1) is 0 Å². The predicted octanol–water partition coefficient (Wildman–Crippen LogP) is 3.69. The Balaban J connectivity index is 2.29. The van der Waals surface area contributed by atoms with Gasteiger partial charge in [0.2, 0.25) is 0 Å². The van der Waals surface area contributed by atoms with Crippen molar-refractivity contribution < 1.29 is 5.21 Å². The van der Waals surface area contributed by atoms with Gasteiger partial charge in [0.25, 0.3) is 0 Å². The standard InChI is InChI=1S/C13H23NO/c1-5-11(14-15)9-8-13(4)7-6-10(9)12(13,2)3/h9-10,15H,5-8H2,1-4H3/b14-11-/t9-,10+,13+/m0/s1. The molecule has 0 amide bonds. The van der Waals surface area contributed by atoms with E-state index in [9.17, 15) is 0 Å². The quantitative estimate of drug-likeness (QED) is 0.420. The Morgan fingerprint density at radius 1 is 1.40 bits per heavy atom. The van der Waals surface area contributed by atoms with Gasteiger partial charge < -0.3 is 5.21 Å². The Kier molecular flexibility index (Phi) is 2.36. The second kappa shape index (κ2) is 3.23. The molecular formula is C13H23NO. The highest BCUT2D eigenvalue weighted by Crippen LogP contribution is 2.67. The molecule has 2 aliphatic rings. The van der Waals surface area contributed by atoms with E-state index in [0.29, 0.717) is 16.7 Å². The maximum absolute atomic E-state index is 9.06. The zero-order chi connectivity index (χ0) is 11.3. The first-order valence-electron chi connectivity index (χ1n) is 6.17. The monoisotopic (exact) mass is 209 g/mol. The van der Waals surface area contributed by atoms with Crippen molar-refractivity contribution in [1.29, 1.82) is 0 Å². The summed E-state index contributed by atoms with van der Waals surface area (Å²) in [6.07, 6.45) is 4.78. The largest absolute Gasteiger partial charge is 0.411 e. The van der Waals surface area contributed by atoms with Crippen LogP contribution in [0.5, 0.6) is 0 Å². The summed E-state index contributed by atoms with van der Waals surface area (Å²) in [5.74, 6) is 1.27. The molecule has 0 saturated heterocycles. The van der Waals surface area contributed by atoms with Crippen molar-refractivity contribution in [1.82, 2.24) is 0 Å². The van der Waals surface area contributed by atoms with Crippen LogP contribution in [0.2, 0.25) is 0 Å². The second-order valence-electron chi connectivity index (χ2n) is 6.18. The maximum atomic E-state index is 9.06. The van der Waals surface area contributed by atoms with Crippen molar-refractivity contribution >= 4 is 5.71 Å². The van der Waals surface area contributed by atoms with Gasteiger partial charge in [0.05, 0.1) is 5.71 Å². The molecular weight excluding hydrogens is 186 g/mol. The Morgan fingerprint density at radius 3 is 2.40 bits per heavy atom. The van der Waals surface area contributed by atoms with E-state index in [2.05, 4.69) is 32.9 Å². The van der Waals surface area contributed by atoms with Crippen molar-refractivity contribution in [2.24, 2.45) is 27.8 Å². The van der Waals surface area contributed by atoms with Crippen molar-refractivity contribution in [3.05, 3.63) is 0 Å². The maximum Gasteiger partial charge on any atom is 0.0602 e. The third-order valence-electron chi connectivity index (χ3n) is 5.56. The van der Waals surface area contributed by atoms with E-state index < -0.39 is 0 Å². The summed E-state index contributed by atoms with van der Waals surface area (Å²) < 4.78 is 0. The molecule has 0 aromatic carbocycles. The Bertz CT molecular complexity index is 292. The van der Waals surface area contributed by atoms with Gasteiger partial charge in [0.1, 0.15) is 0 Å². The van der Waals surface area contributed by atoms with Crippen molar-refractivity contribution in [3.63, 3.8) is 0 Å². The first-order chi connectivity index (χ1) is 6.96. The van der Waals surface area contributed by atoms with Crippen LogP contribution in [0.25, 0.3) is 0 Å². The van der Waals surface area contributed by atoms with Gasteiger partial charge in [0.15, 0.2) is 0 Å². The Morgan fingerprint density at radius 2 is 2.07 bits per heavy atom. The zero-order valence-electron chi connectivity index (χ0n) is 10.4. The molecule has 0 spiro atoms. The van der Waals surface area contributed by atoms with Crippen LogP contribution in [-0.2, 0) is 0 Å². The van der Waals surface area contributed by atoms with Gasteiger partial charge in [0, 0.05) is 5.92 Å². The first kappa shape index (κ1) is 11.0. The van der Waals surface area contributed by atoms with E-state index >= 15 is 0 Å². The normalized spacial score (nSPS) is 43.6. The lowest BCUT2D eigenvalue weighted by molar-refractivity contribution is 0.152. The van der Waals surface area contributed by atoms with E-state index in [1.165, 1.54) is 19.3 Å². The fourth-order valence-corrected chi connectivity index (χ4v) is 4.06. The van der Waals surface area contributed by atoms with Gasteiger partial charge in [-0.05, 0) is 42.4 Å². The number of nitrogens with zero attached hydrogens (tertiary/aromatic N) is 1. The van der Waals surface area contributed by atoms with Gasteiger partial charge in [-0.2, -0.15) is 0 Å². The molecule has 2 nitrogen and oxygen atoms in total. The molecule has 3 atom stereocenters. The van der Waals surface area contributed by atoms with E-state index in [-0.39, 0.29) is 0 Å². The van der Waals surface area contributed by atoms with Crippen LogP contribution in [-0.4, -0.2) is 10.9 Å². The highest BCUT2D eigenvalue weighted by atomic mass is 16.4. The average Bonchev–Trinajstić information content (AvgIpc) is 2.50. The minimum absolute atomic E-state index is 0.419. The predicted molar refractivity (Wildman–Crippen MR) is 62.2 cm³/mol. The molecule has 86 valence electrons. The van der Waals surface area contributed by atoms with Crippen LogP contribution < -0.4 is 0 Å². The molecule has 1 N–H and O–H groups in total. The van der Waals surface area contributed by atoms with Gasteiger partial charge in [-0.25, -0.2) is 0 Å². The molecule has 0 aromatic heterocycles. The summed E-state index contributed by atoms with van der Waals surface area (Å²) in [5.41, 5.74) is 1.91. The summed E-state index contributed by atoms with van der Waals surface area (Å²) in [5, 5.41) is 12.6. The molecule has 0 radical (unpaired) electrons. The molecule has 2 fully saturated rings. The van der Waals surface area contributed by atoms with Crippen LogP contribution in [0, 0.1) is 22.7 Å². The van der Waals surface area contributed by atoms with E-state index in [0.717, 1.165) is 18.1 Å². The van der Waals surface area contributed by atoms with E-state index in [1.54, 1.807) is 0 Å². The van der Waals surface area contributed by atoms with Gasteiger partial charge >= 0.3 is 0 Å². The molecule has 2 saturated carbocycles. The molecule has 0 heterocycles. The SMILES string of the molecule is CC/C(=N/O)[C@H]1C[C@@]2(C)CC[C@H]1C2(C)C. The van der Waals surface area contributed by atoms with Crippen molar-refractivity contribution in [2.75, 3.05) is 0 Å². The summed E-state index contributed by atoms with van der Waals surface area (Å²) in [6, 6.07) is 0. The number of oxime groups is 1. The highest BCUT2D eigenvalue weighted by molar-refractivity contribution is 5.87. The summed E-state index contributed by atoms with van der Waals surface area (Å²) in [6.45, 7) is 9.30. The van der Waals surface area contributed by atoms with Crippen molar-refractivity contribution in [3.8, 4) is 0 Å². The van der Waals surface area contributed by atoms with E-state index in [4.69, 9.17) is 5.21 Å². The van der Waals surface area contributed by atoms with Gasteiger partial charge in [-0.1, -0.05) is 32.9 Å². The van der Waals surface area contributed by atoms with E-state index in [1.807, 2.05) is 0 Å². The highest BCUT2D eigenvalue weighted by Gasteiger charge is 2.61. The minimum atomic E-state index is 0.419. The minimum Gasteiger partial charge on any atom is -0.411 e. The molecule has 2 rings (SSSR count). The van der Waals surface area contributed by atoms with Gasteiger partial charge in [-0.3, -0.25) is 0 Å². The Labute approximate surface area is 92.8 Å². The van der Waals surface area contributed by atoms with Crippen LogP contribution in [0.3, 0.4) is 0 Å². The smallest absolute Gasteiger partial charge is 0.0602 e. The second-order valence-corrected chi connectivity index (χ2v) is 6.18. The summed E-state index contributed by atoms with van der Waals surface area (Å²) >= 11 is 0. The average molecular weight is 209 g/mol. The molecule has 0 unspecified atom stereocenters. The lowest BCUT2D eigenvalue weighted by Crippen LogP contribution is -2.27. The fraction of sp³-hybridized carbons (Fsp3) is 0.923. The molecule has 0 aliphatic heterocycles. The number of fused-ring (bicyclic) bond motifs is 2. The Hall–Kier alpha value is -0.530. The zero-order valence-corrected chi connectivity index (χ0v) is 10.4. The lowest BCUT2D eigenvalue weighted by Gasteiger charge is -2.34. The number of rotatable bonds is 2. The number of hydrogen-bond acceptors (Lipinski definition) is 2. The third-order valence-corrected chi connectivity index (χ3v) is 5.56. The molecule has 2 aliphatic carbocycles.